The third-order valence-corrected chi connectivity index (χ3v) is 4.77. The van der Waals surface area contributed by atoms with Crippen molar-refractivity contribution < 1.29 is 23.1 Å². The van der Waals surface area contributed by atoms with Crippen molar-refractivity contribution >= 4 is 21.7 Å². The van der Waals surface area contributed by atoms with Gasteiger partial charge in [0.15, 0.2) is 9.84 Å². The molecule has 1 amide bonds. The normalized spacial score (nSPS) is 12.9. The van der Waals surface area contributed by atoms with Crippen molar-refractivity contribution in [2.45, 2.75) is 37.6 Å². The Morgan fingerprint density at radius 2 is 1.77 bits per heavy atom. The summed E-state index contributed by atoms with van der Waals surface area (Å²) in [4.78, 5) is 23.0. The molecule has 0 saturated carbocycles. The number of sulfone groups is 1. The monoisotopic (exact) mass is 327 g/mol. The van der Waals surface area contributed by atoms with Gasteiger partial charge >= 0.3 is 5.97 Å². The van der Waals surface area contributed by atoms with Crippen LogP contribution in [-0.4, -0.2) is 37.2 Å². The standard InChI is InChI=1S/C15H21NO5S/c1-11(2)10-13(15(18)19)16-14(17)8-9-22(20,21)12-6-4-3-5-7-12/h3-7,11,13H,8-10H2,1-2H3,(H,16,17)(H,18,19). The van der Waals surface area contributed by atoms with Gasteiger partial charge in [-0.3, -0.25) is 4.79 Å². The Balaban J connectivity index is 2.60. The summed E-state index contributed by atoms with van der Waals surface area (Å²) in [7, 11) is -3.54. The summed E-state index contributed by atoms with van der Waals surface area (Å²) in [5, 5.41) is 11.4. The molecule has 22 heavy (non-hydrogen) atoms. The van der Waals surface area contributed by atoms with Crippen LogP contribution in [0.5, 0.6) is 0 Å². The van der Waals surface area contributed by atoms with Crippen molar-refractivity contribution in [3.8, 4) is 0 Å². The van der Waals surface area contributed by atoms with E-state index in [0.717, 1.165) is 0 Å². The molecule has 1 atom stereocenters. The van der Waals surface area contributed by atoms with Crippen LogP contribution in [0.25, 0.3) is 0 Å². The highest BCUT2D eigenvalue weighted by molar-refractivity contribution is 7.91. The number of carboxylic acids is 1. The molecule has 1 aromatic carbocycles. The first-order valence-electron chi connectivity index (χ1n) is 7.02. The molecule has 0 aliphatic rings. The Morgan fingerprint density at radius 3 is 2.27 bits per heavy atom. The number of nitrogens with one attached hydrogen (secondary N) is 1. The van der Waals surface area contributed by atoms with Crippen molar-refractivity contribution in [3.05, 3.63) is 30.3 Å². The van der Waals surface area contributed by atoms with Gasteiger partial charge in [0.25, 0.3) is 0 Å². The molecule has 1 rings (SSSR count). The molecule has 0 fully saturated rings. The maximum absolute atomic E-state index is 12.0. The lowest BCUT2D eigenvalue weighted by Crippen LogP contribution is -2.42. The molecule has 1 unspecified atom stereocenters. The van der Waals surface area contributed by atoms with Crippen molar-refractivity contribution in [1.82, 2.24) is 5.32 Å². The maximum Gasteiger partial charge on any atom is 0.326 e. The second-order valence-electron chi connectivity index (χ2n) is 5.47. The first-order valence-corrected chi connectivity index (χ1v) is 8.67. The van der Waals surface area contributed by atoms with E-state index >= 15 is 0 Å². The zero-order valence-electron chi connectivity index (χ0n) is 12.7. The lowest BCUT2D eigenvalue weighted by molar-refractivity contribution is -0.142. The van der Waals surface area contributed by atoms with Crippen LogP contribution in [0.15, 0.2) is 35.2 Å². The SMILES string of the molecule is CC(C)CC(NC(=O)CCS(=O)(=O)c1ccccc1)C(=O)O. The average Bonchev–Trinajstić information content (AvgIpc) is 2.45. The summed E-state index contributed by atoms with van der Waals surface area (Å²) in [6.45, 7) is 3.70. The first-order chi connectivity index (χ1) is 10.2. The quantitative estimate of drug-likeness (QED) is 0.753. The van der Waals surface area contributed by atoms with E-state index in [4.69, 9.17) is 5.11 Å². The van der Waals surface area contributed by atoms with Gasteiger partial charge in [0.2, 0.25) is 5.91 Å². The largest absolute Gasteiger partial charge is 0.480 e. The lowest BCUT2D eigenvalue weighted by atomic mass is 10.0. The fourth-order valence-corrected chi connectivity index (χ4v) is 3.19. The van der Waals surface area contributed by atoms with Gasteiger partial charge in [-0.2, -0.15) is 0 Å². The van der Waals surface area contributed by atoms with Crippen molar-refractivity contribution in [1.29, 1.82) is 0 Å². The van der Waals surface area contributed by atoms with E-state index in [-0.39, 0.29) is 23.0 Å². The van der Waals surface area contributed by atoms with E-state index in [1.807, 2.05) is 13.8 Å². The molecule has 0 aliphatic carbocycles. The number of carboxylic acid groups (broad SMARTS) is 1. The average molecular weight is 327 g/mol. The van der Waals surface area contributed by atoms with Gasteiger partial charge in [0.05, 0.1) is 10.6 Å². The number of rotatable bonds is 8. The Labute approximate surface area is 130 Å². The highest BCUT2D eigenvalue weighted by Crippen LogP contribution is 2.11. The number of carbonyl (C=O) groups is 2. The molecule has 0 spiro atoms. The second-order valence-corrected chi connectivity index (χ2v) is 7.58. The van der Waals surface area contributed by atoms with Crippen LogP contribution in [-0.2, 0) is 19.4 Å². The van der Waals surface area contributed by atoms with E-state index in [1.54, 1.807) is 18.2 Å². The summed E-state index contributed by atoms with van der Waals surface area (Å²) >= 11 is 0. The second kappa shape index (κ2) is 7.93. The Bertz CT molecular complexity index is 610. The molecule has 0 aliphatic heterocycles. The number of hydrogen-bond acceptors (Lipinski definition) is 4. The van der Waals surface area contributed by atoms with Crippen molar-refractivity contribution in [3.63, 3.8) is 0 Å². The van der Waals surface area contributed by atoms with Gasteiger partial charge < -0.3 is 10.4 Å². The predicted molar refractivity (Wildman–Crippen MR) is 82.1 cm³/mol. The van der Waals surface area contributed by atoms with Crippen molar-refractivity contribution in [2.75, 3.05) is 5.75 Å². The molecule has 0 radical (unpaired) electrons. The molecule has 7 heteroatoms. The van der Waals surface area contributed by atoms with E-state index in [2.05, 4.69) is 5.32 Å². The van der Waals surface area contributed by atoms with Crippen LogP contribution in [0.3, 0.4) is 0 Å². The summed E-state index contributed by atoms with van der Waals surface area (Å²) in [5.41, 5.74) is 0. The van der Waals surface area contributed by atoms with E-state index in [0.29, 0.717) is 6.42 Å². The van der Waals surface area contributed by atoms with E-state index in [9.17, 15) is 18.0 Å². The Morgan fingerprint density at radius 1 is 1.18 bits per heavy atom. The maximum atomic E-state index is 12.0. The highest BCUT2D eigenvalue weighted by atomic mass is 32.2. The van der Waals surface area contributed by atoms with Crippen LogP contribution in [0.1, 0.15) is 26.7 Å². The molecule has 0 aromatic heterocycles. The topological polar surface area (TPSA) is 101 Å². The third-order valence-electron chi connectivity index (χ3n) is 3.04. The molecular weight excluding hydrogens is 306 g/mol. The summed E-state index contributed by atoms with van der Waals surface area (Å²) in [6.07, 6.45) is 0.0333. The van der Waals surface area contributed by atoms with Crippen LogP contribution < -0.4 is 5.32 Å². The lowest BCUT2D eigenvalue weighted by Gasteiger charge is -2.16. The van der Waals surface area contributed by atoms with Gasteiger partial charge in [-0.1, -0.05) is 32.0 Å². The molecule has 0 heterocycles. The number of aliphatic carboxylic acids is 1. The zero-order valence-corrected chi connectivity index (χ0v) is 13.5. The van der Waals surface area contributed by atoms with Gasteiger partial charge in [-0.25, -0.2) is 13.2 Å². The minimum atomic E-state index is -3.54. The van der Waals surface area contributed by atoms with E-state index in [1.165, 1.54) is 12.1 Å². The fraction of sp³-hybridized carbons (Fsp3) is 0.467. The summed E-state index contributed by atoms with van der Waals surface area (Å²) in [5.74, 6) is -1.94. The van der Waals surface area contributed by atoms with Crippen LogP contribution in [0, 0.1) is 5.92 Å². The van der Waals surface area contributed by atoms with Gasteiger partial charge in [-0.15, -0.1) is 0 Å². The Hall–Kier alpha value is -1.89. The van der Waals surface area contributed by atoms with Gasteiger partial charge in [0.1, 0.15) is 6.04 Å². The van der Waals surface area contributed by atoms with E-state index < -0.39 is 27.8 Å². The number of benzene rings is 1. The van der Waals surface area contributed by atoms with Crippen LogP contribution in [0.2, 0.25) is 0 Å². The number of hydrogen-bond donors (Lipinski definition) is 2. The molecule has 6 nitrogen and oxygen atoms in total. The zero-order chi connectivity index (χ0) is 16.8. The van der Waals surface area contributed by atoms with Gasteiger partial charge in [-0.05, 0) is 24.5 Å². The molecule has 0 saturated heterocycles. The van der Waals surface area contributed by atoms with Crippen LogP contribution >= 0.6 is 0 Å². The minimum absolute atomic E-state index is 0.106. The molecule has 122 valence electrons. The molecule has 0 bridgehead atoms. The predicted octanol–water partition coefficient (Wildman–Crippen LogP) is 1.47. The summed E-state index contributed by atoms with van der Waals surface area (Å²) < 4.78 is 24.1. The smallest absolute Gasteiger partial charge is 0.326 e. The molecule has 2 N–H and O–H groups in total. The Kier molecular flexibility index (Phi) is 6.55. The third kappa shape index (κ3) is 5.85. The van der Waals surface area contributed by atoms with Crippen LogP contribution in [0.4, 0.5) is 0 Å². The summed E-state index contributed by atoms with van der Waals surface area (Å²) in [6, 6.07) is 6.85. The van der Waals surface area contributed by atoms with Crippen molar-refractivity contribution in [2.24, 2.45) is 5.92 Å². The highest BCUT2D eigenvalue weighted by Gasteiger charge is 2.22. The molecule has 1 aromatic rings. The number of carbonyl (C=O) groups excluding carboxylic acids is 1. The first kappa shape index (κ1) is 18.2. The number of amides is 1. The fourth-order valence-electron chi connectivity index (χ4n) is 1.93. The molecular formula is C15H21NO5S. The van der Waals surface area contributed by atoms with Gasteiger partial charge in [0, 0.05) is 6.42 Å². The minimum Gasteiger partial charge on any atom is -0.480 e.